The van der Waals surface area contributed by atoms with Gasteiger partial charge >= 0.3 is 19.8 Å². The molecule has 15 heteroatoms. The van der Waals surface area contributed by atoms with Crippen LogP contribution in [-0.4, -0.2) is 104 Å². The molecule has 1 aliphatic carbocycles. The van der Waals surface area contributed by atoms with E-state index < -0.39 is 75.7 Å². The lowest BCUT2D eigenvalue weighted by atomic mass is 9.85. The van der Waals surface area contributed by atoms with E-state index in [9.17, 15) is 49.4 Å². The Labute approximate surface area is 347 Å². The SMILES string of the molecule is CCCCCCCCCCCCCCCC(=O)O[C@H](COC(=O)CCCCCCC/C=C\C=C\C(=O)CCCCC)COP(=O)(O)OC1[C@H](O)[C@H](O)C(O)[C@H](O)[C@H]1O. The Morgan fingerprint density at radius 3 is 1.57 bits per heavy atom. The van der Waals surface area contributed by atoms with Crippen LogP contribution in [0, 0.1) is 0 Å². The molecule has 0 saturated heterocycles. The molecule has 14 nitrogen and oxygen atoms in total. The molecule has 8 atom stereocenters. The summed E-state index contributed by atoms with van der Waals surface area (Å²) in [6.45, 7) is 3.10. The fourth-order valence-corrected chi connectivity index (χ4v) is 7.59. The number of carbonyl (C=O) groups is 3. The van der Waals surface area contributed by atoms with Crippen LogP contribution >= 0.6 is 7.82 Å². The highest BCUT2D eigenvalue weighted by atomic mass is 31.2. The van der Waals surface area contributed by atoms with Crippen LogP contribution in [0.1, 0.15) is 174 Å². The fourth-order valence-electron chi connectivity index (χ4n) is 6.62. The van der Waals surface area contributed by atoms with Gasteiger partial charge in [-0.1, -0.05) is 141 Å². The summed E-state index contributed by atoms with van der Waals surface area (Å²) in [5.74, 6) is -1.01. The lowest BCUT2D eigenvalue weighted by Gasteiger charge is -2.41. The lowest BCUT2D eigenvalue weighted by Crippen LogP contribution is -2.64. The van der Waals surface area contributed by atoms with Gasteiger partial charge in [0.05, 0.1) is 6.61 Å². The molecule has 6 N–H and O–H groups in total. The highest BCUT2D eigenvalue weighted by Crippen LogP contribution is 2.47. The lowest BCUT2D eigenvalue weighted by molar-refractivity contribution is -0.220. The highest BCUT2D eigenvalue weighted by Gasteiger charge is 2.51. The van der Waals surface area contributed by atoms with E-state index in [1.807, 2.05) is 12.2 Å². The van der Waals surface area contributed by atoms with Gasteiger partial charge in [-0.3, -0.25) is 23.4 Å². The summed E-state index contributed by atoms with van der Waals surface area (Å²) in [6.07, 6.45) is 17.9. The molecule has 0 spiro atoms. The van der Waals surface area contributed by atoms with Gasteiger partial charge in [0.15, 0.2) is 11.9 Å². The average molecular weight is 849 g/mol. The molecule has 338 valence electrons. The second-order valence-corrected chi connectivity index (χ2v) is 17.0. The monoisotopic (exact) mass is 849 g/mol. The topological polar surface area (TPSA) is 227 Å². The van der Waals surface area contributed by atoms with E-state index in [-0.39, 0.29) is 18.6 Å². The van der Waals surface area contributed by atoms with Crippen LogP contribution in [0.4, 0.5) is 0 Å². The molecule has 0 aliphatic heterocycles. The van der Waals surface area contributed by atoms with Crippen molar-refractivity contribution in [3.8, 4) is 0 Å². The first-order chi connectivity index (χ1) is 27.8. The summed E-state index contributed by atoms with van der Waals surface area (Å²) in [6, 6.07) is 0. The Morgan fingerprint density at radius 2 is 1.02 bits per heavy atom. The van der Waals surface area contributed by atoms with Crippen LogP contribution in [0.2, 0.25) is 0 Å². The maximum absolute atomic E-state index is 12.8. The number of carbonyl (C=O) groups excluding carboxylic acids is 3. The zero-order valence-electron chi connectivity index (χ0n) is 35.3. The fraction of sp³-hybridized carbons (Fsp3) is 0.837. The molecule has 1 fully saturated rings. The Bertz CT molecular complexity index is 1180. The first-order valence-electron chi connectivity index (χ1n) is 22.1. The zero-order valence-corrected chi connectivity index (χ0v) is 36.2. The molecule has 1 rings (SSSR count). The minimum absolute atomic E-state index is 0.0827. The second-order valence-electron chi connectivity index (χ2n) is 15.6. The molecule has 1 saturated carbocycles. The zero-order chi connectivity index (χ0) is 43.0. The summed E-state index contributed by atoms with van der Waals surface area (Å²) in [5.41, 5.74) is 0. The molecule has 0 amide bonds. The molecular weight excluding hydrogens is 771 g/mol. The molecule has 0 aromatic carbocycles. The highest BCUT2D eigenvalue weighted by molar-refractivity contribution is 7.47. The third kappa shape index (κ3) is 26.3. The summed E-state index contributed by atoms with van der Waals surface area (Å²) >= 11 is 0. The van der Waals surface area contributed by atoms with Gasteiger partial charge < -0.3 is 39.9 Å². The van der Waals surface area contributed by atoms with Gasteiger partial charge in [-0.25, -0.2) is 4.57 Å². The number of esters is 2. The number of phosphoric ester groups is 1. The first kappa shape index (κ1) is 54.0. The number of hydrogen-bond donors (Lipinski definition) is 6. The third-order valence-electron chi connectivity index (χ3n) is 10.3. The van der Waals surface area contributed by atoms with Crippen LogP contribution in [0.3, 0.4) is 0 Å². The number of ketones is 1. The predicted octanol–water partition coefficient (Wildman–Crippen LogP) is 7.24. The molecule has 3 unspecified atom stereocenters. The second kappa shape index (κ2) is 33.7. The predicted molar refractivity (Wildman–Crippen MR) is 222 cm³/mol. The molecular formula is C43H77O14P. The Morgan fingerprint density at radius 1 is 0.569 bits per heavy atom. The van der Waals surface area contributed by atoms with Gasteiger partial charge in [-0.2, -0.15) is 0 Å². The molecule has 0 bridgehead atoms. The summed E-state index contributed by atoms with van der Waals surface area (Å²) in [5, 5.41) is 50.0. The number of hydrogen-bond acceptors (Lipinski definition) is 13. The maximum Gasteiger partial charge on any atom is 0.472 e. The normalized spacial score (nSPS) is 22.6. The number of unbranched alkanes of at least 4 members (excludes halogenated alkanes) is 19. The van der Waals surface area contributed by atoms with Gasteiger partial charge in [0, 0.05) is 19.3 Å². The summed E-state index contributed by atoms with van der Waals surface area (Å²) in [7, 11) is -5.13. The number of phosphoric acid groups is 1. The first-order valence-corrected chi connectivity index (χ1v) is 23.6. The van der Waals surface area contributed by atoms with Crippen molar-refractivity contribution < 1.29 is 67.9 Å². The van der Waals surface area contributed by atoms with Gasteiger partial charge in [0.2, 0.25) is 0 Å². The van der Waals surface area contributed by atoms with Crippen molar-refractivity contribution in [1.82, 2.24) is 0 Å². The molecule has 1 aliphatic rings. The Hall–Kier alpha value is -2.00. The van der Waals surface area contributed by atoms with Crippen molar-refractivity contribution >= 4 is 25.5 Å². The van der Waals surface area contributed by atoms with E-state index in [2.05, 4.69) is 13.8 Å². The molecule has 0 heterocycles. The number of rotatable bonds is 36. The molecule has 58 heavy (non-hydrogen) atoms. The molecule has 0 aromatic heterocycles. The molecule has 0 radical (unpaired) electrons. The summed E-state index contributed by atoms with van der Waals surface area (Å²) < 4.78 is 33.4. The van der Waals surface area contributed by atoms with E-state index >= 15 is 0 Å². The quantitative estimate of drug-likeness (QED) is 0.0120. The van der Waals surface area contributed by atoms with Crippen molar-refractivity contribution in [2.75, 3.05) is 13.2 Å². The Kier molecular flexibility index (Phi) is 31.4. The van der Waals surface area contributed by atoms with Crippen LogP contribution < -0.4 is 0 Å². The van der Waals surface area contributed by atoms with Gasteiger partial charge in [0.1, 0.15) is 43.2 Å². The van der Waals surface area contributed by atoms with Gasteiger partial charge in [0.25, 0.3) is 0 Å². The number of aliphatic hydroxyl groups is 5. The third-order valence-corrected chi connectivity index (χ3v) is 11.3. The van der Waals surface area contributed by atoms with E-state index in [1.54, 1.807) is 12.2 Å². The number of ether oxygens (including phenoxy) is 2. The smallest absolute Gasteiger partial charge is 0.462 e. The van der Waals surface area contributed by atoms with E-state index in [4.69, 9.17) is 18.5 Å². The summed E-state index contributed by atoms with van der Waals surface area (Å²) in [4.78, 5) is 47.4. The van der Waals surface area contributed by atoms with Crippen LogP contribution in [-0.2, 0) is 37.5 Å². The van der Waals surface area contributed by atoms with Crippen molar-refractivity contribution in [2.45, 2.75) is 217 Å². The van der Waals surface area contributed by atoms with Crippen LogP contribution in [0.15, 0.2) is 24.3 Å². The van der Waals surface area contributed by atoms with Crippen molar-refractivity contribution in [2.24, 2.45) is 0 Å². The van der Waals surface area contributed by atoms with Gasteiger partial charge in [-0.05, 0) is 38.2 Å². The van der Waals surface area contributed by atoms with Crippen LogP contribution in [0.25, 0.3) is 0 Å². The molecule has 0 aromatic rings. The van der Waals surface area contributed by atoms with Gasteiger partial charge in [-0.15, -0.1) is 0 Å². The minimum Gasteiger partial charge on any atom is -0.462 e. The largest absolute Gasteiger partial charge is 0.472 e. The van der Waals surface area contributed by atoms with Crippen molar-refractivity contribution in [3.63, 3.8) is 0 Å². The van der Waals surface area contributed by atoms with E-state index in [1.165, 1.54) is 51.4 Å². The van der Waals surface area contributed by atoms with E-state index in [0.29, 0.717) is 19.3 Å². The standard InChI is InChI=1S/C43H77O14P/c1-3-5-7-8-9-10-11-12-13-16-20-23-27-31-37(46)56-35(33-55-58(52,53)57-43-41(50)39(48)38(47)40(49)42(43)51)32-54-36(45)30-26-22-19-17-14-15-18-21-25-29-34(44)28-24-6-4-2/h18,21,25,29,35,38-43,47-51H,3-17,19-20,22-24,26-28,30-33H2,1-2H3,(H,52,53)/b21-18-,29-25+/t35-,38?,39-,40+,41-,42-,43?/m1/s1. The number of allylic oxidation sites excluding steroid dienone is 4. The number of aliphatic hydroxyl groups excluding tert-OH is 5. The average Bonchev–Trinajstić information content (AvgIpc) is 3.19. The van der Waals surface area contributed by atoms with Crippen molar-refractivity contribution in [3.05, 3.63) is 24.3 Å². The van der Waals surface area contributed by atoms with E-state index in [0.717, 1.165) is 77.0 Å². The minimum atomic E-state index is -5.13. The van der Waals surface area contributed by atoms with Crippen molar-refractivity contribution in [1.29, 1.82) is 0 Å². The maximum atomic E-state index is 12.8. The Balaban J connectivity index is 2.50. The van der Waals surface area contributed by atoms with Crippen LogP contribution in [0.5, 0.6) is 0 Å².